The lowest BCUT2D eigenvalue weighted by Gasteiger charge is -2.18. The van der Waals surface area contributed by atoms with Crippen molar-refractivity contribution in [3.05, 3.63) is 45.8 Å². The van der Waals surface area contributed by atoms with Gasteiger partial charge in [0, 0.05) is 17.1 Å². The molecule has 0 unspecified atom stereocenters. The van der Waals surface area contributed by atoms with Crippen LogP contribution in [0.5, 0.6) is 0 Å². The minimum absolute atomic E-state index is 0.0993. The van der Waals surface area contributed by atoms with Crippen molar-refractivity contribution in [2.75, 3.05) is 23.3 Å². The van der Waals surface area contributed by atoms with Gasteiger partial charge in [0.1, 0.15) is 5.00 Å². The molecule has 2 amide bonds. The van der Waals surface area contributed by atoms with Gasteiger partial charge in [0.2, 0.25) is 5.91 Å². The molecule has 0 saturated carbocycles. The minimum Gasteiger partial charge on any atom is -0.365 e. The fourth-order valence-electron chi connectivity index (χ4n) is 3.82. The van der Waals surface area contributed by atoms with Gasteiger partial charge >= 0.3 is 0 Å². The van der Waals surface area contributed by atoms with Gasteiger partial charge in [-0.05, 0) is 49.3 Å². The van der Waals surface area contributed by atoms with Gasteiger partial charge in [0.25, 0.3) is 5.91 Å². The van der Waals surface area contributed by atoms with Gasteiger partial charge in [-0.15, -0.1) is 11.3 Å². The second-order valence-electron chi connectivity index (χ2n) is 6.63. The number of nitrogens with zero attached hydrogens (tertiary/aromatic N) is 1. The smallest absolute Gasteiger partial charge is 0.251 e. The maximum absolute atomic E-state index is 12.6. The molecule has 1 aliphatic heterocycles. The molecule has 2 aromatic rings. The van der Waals surface area contributed by atoms with Crippen LogP contribution in [0.4, 0.5) is 10.7 Å². The van der Waals surface area contributed by atoms with Crippen LogP contribution in [0.15, 0.2) is 24.3 Å². The van der Waals surface area contributed by atoms with Crippen LogP contribution < -0.4 is 16.0 Å². The topological polar surface area (TPSA) is 75.4 Å². The second kappa shape index (κ2) is 6.52. The Kier molecular flexibility index (Phi) is 4.21. The summed E-state index contributed by atoms with van der Waals surface area (Å²) in [6.45, 7) is 1.13. The van der Waals surface area contributed by atoms with Crippen LogP contribution in [0.1, 0.15) is 39.2 Å². The number of amides is 2. The third-order valence-corrected chi connectivity index (χ3v) is 6.20. The largest absolute Gasteiger partial charge is 0.365 e. The first-order chi connectivity index (χ1) is 12.1. The first-order valence-electron chi connectivity index (χ1n) is 8.70. The van der Waals surface area contributed by atoms with Crippen LogP contribution in [0, 0.1) is 0 Å². The first-order valence-corrected chi connectivity index (χ1v) is 9.52. The molecule has 0 spiro atoms. The van der Waals surface area contributed by atoms with E-state index < -0.39 is 5.91 Å². The molecule has 1 aromatic carbocycles. The number of rotatable bonds is 4. The van der Waals surface area contributed by atoms with Crippen LogP contribution in [0.25, 0.3) is 0 Å². The normalized spacial score (nSPS) is 15.6. The standard InChI is InChI=1S/C19H21N3O2S/c20-18(24)17-13-6-2-4-8-15(13)25-19(17)21-16(23)11-22-10-9-12-5-1-3-7-14(12)22/h1,3,5,7H,2,4,6,8-11H2,(H2,20,24)(H,21,23). The number of fused-ring (bicyclic) bond motifs is 2. The molecule has 0 fully saturated rings. The van der Waals surface area contributed by atoms with E-state index in [2.05, 4.69) is 16.3 Å². The SMILES string of the molecule is NC(=O)c1c(NC(=O)CN2CCc3ccccc32)sc2c1CCCC2. The van der Waals surface area contributed by atoms with Gasteiger partial charge in [-0.25, -0.2) is 0 Å². The summed E-state index contributed by atoms with van der Waals surface area (Å²) in [6, 6.07) is 8.17. The van der Waals surface area contributed by atoms with Crippen molar-refractivity contribution in [3.63, 3.8) is 0 Å². The van der Waals surface area contributed by atoms with E-state index in [1.165, 1.54) is 21.8 Å². The fraction of sp³-hybridized carbons (Fsp3) is 0.368. The Labute approximate surface area is 150 Å². The van der Waals surface area contributed by atoms with Gasteiger partial charge < -0.3 is 16.0 Å². The van der Waals surface area contributed by atoms with E-state index in [9.17, 15) is 9.59 Å². The molecule has 5 nitrogen and oxygen atoms in total. The number of para-hydroxylation sites is 1. The summed E-state index contributed by atoms with van der Waals surface area (Å²) in [5.41, 5.74) is 9.56. The van der Waals surface area contributed by atoms with Crippen molar-refractivity contribution in [1.29, 1.82) is 0 Å². The number of carbonyl (C=O) groups excluding carboxylic acids is 2. The fourth-order valence-corrected chi connectivity index (χ4v) is 5.14. The Morgan fingerprint density at radius 1 is 1.16 bits per heavy atom. The maximum atomic E-state index is 12.6. The first kappa shape index (κ1) is 16.1. The van der Waals surface area contributed by atoms with Gasteiger partial charge in [0.05, 0.1) is 12.1 Å². The van der Waals surface area contributed by atoms with Crippen molar-refractivity contribution < 1.29 is 9.59 Å². The molecule has 0 radical (unpaired) electrons. The quantitative estimate of drug-likeness (QED) is 0.885. The van der Waals surface area contributed by atoms with Crippen LogP contribution in [-0.4, -0.2) is 24.9 Å². The number of hydrogen-bond donors (Lipinski definition) is 2. The lowest BCUT2D eigenvalue weighted by Crippen LogP contribution is -2.32. The monoisotopic (exact) mass is 355 g/mol. The summed E-state index contributed by atoms with van der Waals surface area (Å²) in [4.78, 5) is 27.8. The van der Waals surface area contributed by atoms with E-state index in [0.29, 0.717) is 10.6 Å². The molecule has 2 aliphatic rings. The lowest BCUT2D eigenvalue weighted by molar-refractivity contribution is -0.114. The summed E-state index contributed by atoms with van der Waals surface area (Å²) < 4.78 is 0. The molecule has 6 heteroatoms. The highest BCUT2D eigenvalue weighted by Crippen LogP contribution is 2.38. The molecule has 0 atom stereocenters. The molecule has 3 N–H and O–H groups in total. The Hall–Kier alpha value is -2.34. The zero-order chi connectivity index (χ0) is 17.4. The molecule has 4 rings (SSSR count). The Bertz CT molecular complexity index is 843. The van der Waals surface area contributed by atoms with Crippen molar-refractivity contribution in [2.24, 2.45) is 5.73 Å². The van der Waals surface area contributed by atoms with E-state index in [0.717, 1.165) is 49.9 Å². The predicted molar refractivity (Wildman–Crippen MR) is 100 cm³/mol. The second-order valence-corrected chi connectivity index (χ2v) is 7.73. The summed E-state index contributed by atoms with van der Waals surface area (Å²) in [5.74, 6) is -0.543. The van der Waals surface area contributed by atoms with E-state index in [-0.39, 0.29) is 12.5 Å². The molecule has 0 saturated heterocycles. The average Bonchev–Trinajstić information content (AvgIpc) is 3.16. The molecular formula is C19H21N3O2S. The van der Waals surface area contributed by atoms with Gasteiger partial charge in [-0.2, -0.15) is 0 Å². The number of nitrogens with two attached hydrogens (primary N) is 1. The highest BCUT2D eigenvalue weighted by Gasteiger charge is 2.26. The van der Waals surface area contributed by atoms with Crippen molar-refractivity contribution in [3.8, 4) is 0 Å². The zero-order valence-corrected chi connectivity index (χ0v) is 14.8. The highest BCUT2D eigenvalue weighted by molar-refractivity contribution is 7.17. The Morgan fingerprint density at radius 2 is 1.96 bits per heavy atom. The number of benzene rings is 1. The number of primary amides is 1. The molecule has 2 heterocycles. The number of thiophene rings is 1. The van der Waals surface area contributed by atoms with Crippen molar-refractivity contribution in [2.45, 2.75) is 32.1 Å². The summed E-state index contributed by atoms with van der Waals surface area (Å²) >= 11 is 1.51. The zero-order valence-electron chi connectivity index (χ0n) is 14.0. The summed E-state index contributed by atoms with van der Waals surface area (Å²) in [6.07, 6.45) is 5.00. The number of nitrogens with one attached hydrogen (secondary N) is 1. The van der Waals surface area contributed by atoms with E-state index >= 15 is 0 Å². The van der Waals surface area contributed by atoms with E-state index in [1.54, 1.807) is 0 Å². The molecule has 25 heavy (non-hydrogen) atoms. The number of anilines is 2. The minimum atomic E-state index is -0.443. The molecule has 0 bridgehead atoms. The molecule has 1 aromatic heterocycles. The number of aryl methyl sites for hydroxylation is 1. The molecule has 130 valence electrons. The van der Waals surface area contributed by atoms with Crippen molar-refractivity contribution >= 4 is 33.8 Å². The Morgan fingerprint density at radius 3 is 2.80 bits per heavy atom. The van der Waals surface area contributed by atoms with Crippen LogP contribution in [-0.2, 0) is 24.1 Å². The number of carbonyl (C=O) groups is 2. The summed E-state index contributed by atoms with van der Waals surface area (Å²) in [7, 11) is 0. The third-order valence-electron chi connectivity index (χ3n) is 4.99. The van der Waals surface area contributed by atoms with Crippen LogP contribution >= 0.6 is 11.3 Å². The highest BCUT2D eigenvalue weighted by atomic mass is 32.1. The lowest BCUT2D eigenvalue weighted by atomic mass is 9.95. The third kappa shape index (κ3) is 3.02. The van der Waals surface area contributed by atoms with Crippen LogP contribution in [0.2, 0.25) is 0 Å². The maximum Gasteiger partial charge on any atom is 0.251 e. The molecular weight excluding hydrogens is 334 g/mol. The predicted octanol–water partition coefficient (Wildman–Crippen LogP) is 2.73. The van der Waals surface area contributed by atoms with Crippen LogP contribution in [0.3, 0.4) is 0 Å². The average molecular weight is 355 g/mol. The Balaban J connectivity index is 1.52. The van der Waals surface area contributed by atoms with Gasteiger partial charge in [-0.3, -0.25) is 9.59 Å². The van der Waals surface area contributed by atoms with E-state index in [4.69, 9.17) is 5.73 Å². The number of hydrogen-bond acceptors (Lipinski definition) is 4. The van der Waals surface area contributed by atoms with Gasteiger partial charge in [-0.1, -0.05) is 18.2 Å². The van der Waals surface area contributed by atoms with E-state index in [1.807, 2.05) is 18.2 Å². The molecule has 1 aliphatic carbocycles. The van der Waals surface area contributed by atoms with Gasteiger partial charge in [0.15, 0.2) is 0 Å². The summed E-state index contributed by atoms with van der Waals surface area (Å²) in [5, 5.41) is 3.57. The van der Waals surface area contributed by atoms with Crippen molar-refractivity contribution in [1.82, 2.24) is 0 Å².